The summed E-state index contributed by atoms with van der Waals surface area (Å²) in [6.45, 7) is 11.9. The van der Waals surface area contributed by atoms with E-state index in [-0.39, 0.29) is 23.3 Å². The van der Waals surface area contributed by atoms with Gasteiger partial charge in [0.25, 0.3) is 5.56 Å². The lowest BCUT2D eigenvalue weighted by Gasteiger charge is -2.30. The molecule has 0 spiro atoms. The molecule has 0 aliphatic carbocycles. The zero-order valence-electron chi connectivity index (χ0n) is 16.6. The highest BCUT2D eigenvalue weighted by Gasteiger charge is 2.48. The Bertz CT molecular complexity index is 848. The highest BCUT2D eigenvalue weighted by Crippen LogP contribution is 2.35. The smallest absolute Gasteiger partial charge is 0.278 e. The van der Waals surface area contributed by atoms with Gasteiger partial charge in [0.2, 0.25) is 0 Å². The molecule has 150 valence electrons. The highest BCUT2D eigenvalue weighted by atomic mass is 16.6. The first-order valence-corrected chi connectivity index (χ1v) is 9.02. The van der Waals surface area contributed by atoms with Crippen LogP contribution in [0.2, 0.25) is 0 Å². The predicted octanol–water partition coefficient (Wildman–Crippen LogP) is 1.38. The average molecular weight is 380 g/mol. The van der Waals surface area contributed by atoms with Crippen LogP contribution in [0.3, 0.4) is 0 Å². The molecule has 1 aliphatic rings. The summed E-state index contributed by atoms with van der Waals surface area (Å²) in [6.07, 6.45) is -0.101. The van der Waals surface area contributed by atoms with Gasteiger partial charge >= 0.3 is 0 Å². The van der Waals surface area contributed by atoms with Gasteiger partial charge in [-0.05, 0) is 41.5 Å². The average Bonchev–Trinajstić information content (AvgIpc) is 3.07. The van der Waals surface area contributed by atoms with Gasteiger partial charge in [0, 0.05) is 0 Å². The summed E-state index contributed by atoms with van der Waals surface area (Å²) in [6, 6.07) is 0. The van der Waals surface area contributed by atoms with E-state index in [0.717, 1.165) is 0 Å². The third-order valence-corrected chi connectivity index (χ3v) is 4.12. The summed E-state index contributed by atoms with van der Waals surface area (Å²) in [4.78, 5) is 22.7. The number of nitrogens with one attached hydrogen (secondary N) is 1. The number of H-pyrrole nitrogens is 1. The van der Waals surface area contributed by atoms with Crippen molar-refractivity contribution in [1.29, 1.82) is 0 Å². The summed E-state index contributed by atoms with van der Waals surface area (Å²) in [7, 11) is 0. The summed E-state index contributed by atoms with van der Waals surface area (Å²) in [5, 5.41) is 10.9. The number of hydrogen-bond donors (Lipinski definition) is 2. The van der Waals surface area contributed by atoms with Crippen LogP contribution in [-0.2, 0) is 14.2 Å². The van der Waals surface area contributed by atoms with Crippen molar-refractivity contribution in [2.75, 3.05) is 6.61 Å². The molecule has 3 rings (SSSR count). The number of fused-ring (bicyclic) bond motifs is 1. The maximum atomic E-state index is 11.9. The molecule has 2 aromatic heterocycles. The quantitative estimate of drug-likeness (QED) is 0.824. The maximum absolute atomic E-state index is 11.9. The minimum atomic E-state index is -0.976. The van der Waals surface area contributed by atoms with Crippen molar-refractivity contribution in [3.05, 3.63) is 23.0 Å². The summed E-state index contributed by atoms with van der Waals surface area (Å²) >= 11 is 0. The maximum Gasteiger partial charge on any atom is 0.278 e. The first-order valence-electron chi connectivity index (χ1n) is 9.02. The van der Waals surface area contributed by atoms with Crippen LogP contribution in [0.25, 0.3) is 11.2 Å². The lowest BCUT2D eigenvalue weighted by molar-refractivity contribution is -0.138. The molecule has 0 bridgehead atoms. The molecular formula is C18H28N4O5. The van der Waals surface area contributed by atoms with Crippen LogP contribution in [0.1, 0.15) is 47.8 Å². The van der Waals surface area contributed by atoms with Gasteiger partial charge < -0.3 is 24.3 Å². The molecule has 1 aliphatic heterocycles. The predicted molar refractivity (Wildman–Crippen MR) is 98.4 cm³/mol. The molecule has 9 nitrogen and oxygen atoms in total. The van der Waals surface area contributed by atoms with Crippen LogP contribution >= 0.6 is 0 Å². The normalized spacial score (nSPS) is 26.8. The van der Waals surface area contributed by atoms with Crippen molar-refractivity contribution in [2.45, 2.75) is 77.3 Å². The molecule has 1 fully saturated rings. The Morgan fingerprint density at radius 2 is 1.93 bits per heavy atom. The van der Waals surface area contributed by atoms with Crippen LogP contribution < -0.4 is 5.56 Å². The van der Waals surface area contributed by atoms with E-state index in [1.807, 2.05) is 41.5 Å². The minimum Gasteiger partial charge on any atom is -0.386 e. The third kappa shape index (κ3) is 4.37. The Morgan fingerprint density at radius 3 is 2.56 bits per heavy atom. The molecule has 9 heteroatoms. The van der Waals surface area contributed by atoms with Crippen molar-refractivity contribution in [3.8, 4) is 0 Å². The van der Waals surface area contributed by atoms with Gasteiger partial charge in [-0.3, -0.25) is 9.36 Å². The molecule has 4 atom stereocenters. The first-order chi connectivity index (χ1) is 12.5. The fourth-order valence-corrected chi connectivity index (χ4v) is 3.02. The number of aliphatic hydroxyl groups excluding tert-OH is 1. The third-order valence-electron chi connectivity index (χ3n) is 4.12. The van der Waals surface area contributed by atoms with Gasteiger partial charge in [0.1, 0.15) is 18.3 Å². The molecule has 0 saturated carbocycles. The number of aromatic nitrogens is 4. The number of imidazole rings is 1. The number of aliphatic hydroxyl groups is 1. The highest BCUT2D eigenvalue weighted by molar-refractivity contribution is 5.68. The molecule has 1 saturated heterocycles. The van der Waals surface area contributed by atoms with Gasteiger partial charge in [0.15, 0.2) is 17.4 Å². The molecular weight excluding hydrogens is 352 g/mol. The van der Waals surface area contributed by atoms with Crippen molar-refractivity contribution in [2.24, 2.45) is 0 Å². The molecule has 3 heterocycles. The Hall–Kier alpha value is -1.81. The van der Waals surface area contributed by atoms with E-state index in [4.69, 9.17) is 14.2 Å². The summed E-state index contributed by atoms with van der Waals surface area (Å²) in [5.41, 5.74) is -0.641. The molecule has 2 N–H and O–H groups in total. The standard InChI is InChI=1S/C18H28N4O5/c1-17(2,3)25-7-10-13(27-18(4,5)6)12(23)16(26-10)22-9-21-11-14(22)19-8-20-15(11)24/h8-10,12-13,16,23H,7H2,1-6H3,(H,19,20,24)/t10-,12-,13?,16?/m1/s1. The van der Waals surface area contributed by atoms with E-state index >= 15 is 0 Å². The summed E-state index contributed by atoms with van der Waals surface area (Å²) in [5.74, 6) is 0. The van der Waals surface area contributed by atoms with E-state index in [1.54, 1.807) is 4.57 Å². The Labute approximate surface area is 157 Å². The number of ether oxygens (including phenoxy) is 3. The Kier molecular flexibility index (Phi) is 5.15. The fraction of sp³-hybridized carbons (Fsp3) is 0.722. The van der Waals surface area contributed by atoms with E-state index in [0.29, 0.717) is 5.65 Å². The van der Waals surface area contributed by atoms with Crippen molar-refractivity contribution < 1.29 is 19.3 Å². The monoisotopic (exact) mass is 380 g/mol. The Morgan fingerprint density at radius 1 is 1.22 bits per heavy atom. The van der Waals surface area contributed by atoms with Crippen molar-refractivity contribution in [1.82, 2.24) is 19.5 Å². The second kappa shape index (κ2) is 6.97. The zero-order valence-corrected chi connectivity index (χ0v) is 16.6. The van der Waals surface area contributed by atoms with E-state index in [1.165, 1.54) is 12.7 Å². The van der Waals surface area contributed by atoms with Crippen molar-refractivity contribution >= 4 is 11.2 Å². The van der Waals surface area contributed by atoms with Crippen LogP contribution in [0.5, 0.6) is 0 Å². The lowest BCUT2D eigenvalue weighted by atomic mass is 10.1. The van der Waals surface area contributed by atoms with Gasteiger partial charge in [0.05, 0.1) is 30.5 Å². The molecule has 0 aromatic carbocycles. The van der Waals surface area contributed by atoms with Crippen LogP contribution in [0.4, 0.5) is 0 Å². The number of nitrogens with zero attached hydrogens (tertiary/aromatic N) is 3. The second-order valence-electron chi connectivity index (χ2n) is 8.73. The topological polar surface area (TPSA) is 111 Å². The lowest BCUT2D eigenvalue weighted by Crippen LogP contribution is -2.42. The number of hydrogen-bond acceptors (Lipinski definition) is 7. The van der Waals surface area contributed by atoms with E-state index in [9.17, 15) is 9.90 Å². The SMILES string of the molecule is CC(C)(C)OC[C@H]1OC(n2cnc3c(=O)[nH]cnc32)[C@H](O)C1OC(C)(C)C. The number of aromatic amines is 1. The van der Waals surface area contributed by atoms with Gasteiger partial charge in [-0.1, -0.05) is 0 Å². The Balaban J connectivity index is 1.91. The first kappa shape index (κ1) is 19.9. The zero-order chi connectivity index (χ0) is 20.0. The minimum absolute atomic E-state index is 0.191. The van der Waals surface area contributed by atoms with E-state index in [2.05, 4.69) is 15.0 Å². The molecule has 2 aromatic rings. The van der Waals surface area contributed by atoms with Crippen LogP contribution in [0, 0.1) is 0 Å². The van der Waals surface area contributed by atoms with E-state index < -0.39 is 30.1 Å². The molecule has 0 amide bonds. The fourth-order valence-electron chi connectivity index (χ4n) is 3.02. The summed E-state index contributed by atoms with van der Waals surface area (Å²) < 4.78 is 19.6. The van der Waals surface area contributed by atoms with Gasteiger partial charge in [-0.25, -0.2) is 9.97 Å². The van der Waals surface area contributed by atoms with Crippen LogP contribution in [-0.4, -0.2) is 60.7 Å². The molecule has 27 heavy (non-hydrogen) atoms. The van der Waals surface area contributed by atoms with Crippen LogP contribution in [0.15, 0.2) is 17.4 Å². The van der Waals surface area contributed by atoms with Gasteiger partial charge in [-0.15, -0.1) is 0 Å². The van der Waals surface area contributed by atoms with Crippen molar-refractivity contribution in [3.63, 3.8) is 0 Å². The molecule has 0 radical (unpaired) electrons. The number of rotatable bonds is 4. The van der Waals surface area contributed by atoms with Gasteiger partial charge in [-0.2, -0.15) is 0 Å². The largest absolute Gasteiger partial charge is 0.386 e. The second-order valence-corrected chi connectivity index (χ2v) is 8.73. The molecule has 2 unspecified atom stereocenters.